The van der Waals surface area contributed by atoms with Gasteiger partial charge in [0.1, 0.15) is 0 Å². The maximum absolute atomic E-state index is 11.1. The fraction of sp³-hybridized carbons (Fsp3) is 0.231. The predicted octanol–water partition coefficient (Wildman–Crippen LogP) is 2.91. The molecule has 0 aliphatic rings. The highest BCUT2D eigenvalue weighted by molar-refractivity contribution is 6.30. The second kappa shape index (κ2) is 5.75. The molecule has 98 valence electrons. The molecule has 1 heterocycles. The van der Waals surface area contributed by atoms with Crippen molar-refractivity contribution in [3.63, 3.8) is 0 Å². The molecule has 1 aromatic carbocycles. The number of halogens is 1. The van der Waals surface area contributed by atoms with Crippen molar-refractivity contribution in [2.75, 3.05) is 0 Å². The number of benzene rings is 1. The summed E-state index contributed by atoms with van der Waals surface area (Å²) in [6.45, 7) is 1.99. The van der Waals surface area contributed by atoms with Gasteiger partial charge in [-0.25, -0.2) is 5.10 Å². The molecule has 0 radical (unpaired) electrons. The first kappa shape index (κ1) is 13.4. The maximum atomic E-state index is 11.1. The van der Waals surface area contributed by atoms with Crippen LogP contribution in [0, 0.1) is 11.8 Å². The van der Waals surface area contributed by atoms with Crippen LogP contribution in [0.15, 0.2) is 34.2 Å². The molecule has 1 N–H and O–H groups in total. The van der Waals surface area contributed by atoms with E-state index in [1.807, 2.05) is 25.1 Å². The van der Waals surface area contributed by atoms with Crippen LogP contribution in [0.4, 0.5) is 5.69 Å². The average molecular weight is 278 g/mol. The lowest BCUT2D eigenvalue weighted by molar-refractivity contribution is 0.842. The summed E-state index contributed by atoms with van der Waals surface area (Å²) in [5.74, 6) is 0. The average Bonchev–Trinajstić information content (AvgIpc) is 2.39. The van der Waals surface area contributed by atoms with Gasteiger partial charge in [0, 0.05) is 5.02 Å². The number of nitrogens with one attached hydrogen (secondary N) is 1. The fourth-order valence-corrected chi connectivity index (χ4v) is 2.06. The molecule has 2 aromatic rings. The van der Waals surface area contributed by atoms with Gasteiger partial charge in [0.05, 0.1) is 5.69 Å². The van der Waals surface area contributed by atoms with E-state index in [4.69, 9.17) is 11.6 Å². The van der Waals surface area contributed by atoms with E-state index in [1.54, 1.807) is 0 Å². The van der Waals surface area contributed by atoms with Gasteiger partial charge in [-0.05, 0) is 54.3 Å². The largest absolute Gasteiger partial charge is 0.293 e. The second-order valence-corrected chi connectivity index (χ2v) is 4.67. The highest BCUT2D eigenvalue weighted by Crippen LogP contribution is 2.17. The van der Waals surface area contributed by atoms with Crippen LogP contribution in [0.1, 0.15) is 16.8 Å². The van der Waals surface area contributed by atoms with E-state index in [1.165, 1.54) is 6.07 Å². The number of aromatic nitrogens is 2. The summed E-state index contributed by atoms with van der Waals surface area (Å²) in [6.07, 6.45) is 1.36. The normalized spacial score (nSPS) is 10.4. The monoisotopic (exact) mass is 277 g/mol. The first-order valence-electron chi connectivity index (χ1n) is 5.77. The Kier molecular flexibility index (Phi) is 4.06. The lowest BCUT2D eigenvalue weighted by Crippen LogP contribution is -2.09. The molecule has 0 saturated carbocycles. The summed E-state index contributed by atoms with van der Waals surface area (Å²) in [5.41, 5.74) is 2.17. The molecular formula is C13H12ClN3O2. The zero-order valence-corrected chi connectivity index (χ0v) is 11.1. The first-order valence-corrected chi connectivity index (χ1v) is 6.15. The van der Waals surface area contributed by atoms with E-state index in [0.717, 1.165) is 17.5 Å². The number of hydrogen-bond acceptors (Lipinski definition) is 4. The summed E-state index contributed by atoms with van der Waals surface area (Å²) in [5, 5.41) is 9.51. The highest BCUT2D eigenvalue weighted by atomic mass is 35.5. The Labute approximate surface area is 114 Å². The third-order valence-electron chi connectivity index (χ3n) is 2.89. The Balaban J connectivity index is 2.14. The topological polar surface area (TPSA) is 75.2 Å². The zero-order valence-electron chi connectivity index (χ0n) is 10.3. The quantitative estimate of drug-likeness (QED) is 0.873. The maximum Gasteiger partial charge on any atom is 0.293 e. The van der Waals surface area contributed by atoms with E-state index in [2.05, 4.69) is 15.4 Å². The molecule has 0 aliphatic carbocycles. The van der Waals surface area contributed by atoms with Crippen molar-refractivity contribution in [1.29, 1.82) is 0 Å². The molecule has 1 aromatic heterocycles. The first-order chi connectivity index (χ1) is 9.10. The van der Waals surface area contributed by atoms with Gasteiger partial charge in [-0.2, -0.15) is 5.10 Å². The number of nitrogens with zero attached hydrogens (tertiary/aromatic N) is 2. The van der Waals surface area contributed by atoms with Crippen LogP contribution < -0.4 is 5.56 Å². The summed E-state index contributed by atoms with van der Waals surface area (Å²) < 4.78 is 0. The Morgan fingerprint density at radius 3 is 2.79 bits per heavy atom. The molecule has 0 fully saturated rings. The van der Waals surface area contributed by atoms with Crippen LogP contribution in [-0.4, -0.2) is 10.2 Å². The van der Waals surface area contributed by atoms with Crippen molar-refractivity contribution in [2.45, 2.75) is 19.8 Å². The zero-order chi connectivity index (χ0) is 13.8. The SMILES string of the molecule is Cc1cc(Cl)ccc1CCc1cc(N=O)c(=O)[nH]n1. The molecule has 5 nitrogen and oxygen atoms in total. The summed E-state index contributed by atoms with van der Waals surface area (Å²) in [6, 6.07) is 7.11. The Morgan fingerprint density at radius 1 is 1.32 bits per heavy atom. The van der Waals surface area contributed by atoms with Gasteiger partial charge in [-0.1, -0.05) is 17.7 Å². The van der Waals surface area contributed by atoms with Gasteiger partial charge in [-0.15, -0.1) is 4.91 Å². The number of nitroso groups, excluding NO2 is 1. The molecule has 0 aliphatic heterocycles. The van der Waals surface area contributed by atoms with Crippen LogP contribution in [-0.2, 0) is 12.8 Å². The molecule has 2 rings (SSSR count). The van der Waals surface area contributed by atoms with E-state index in [9.17, 15) is 9.70 Å². The van der Waals surface area contributed by atoms with Gasteiger partial charge in [0.25, 0.3) is 5.56 Å². The summed E-state index contributed by atoms with van der Waals surface area (Å²) in [4.78, 5) is 21.6. The number of hydrogen-bond donors (Lipinski definition) is 1. The lowest BCUT2D eigenvalue weighted by atomic mass is 10.0. The molecule has 0 bridgehead atoms. The summed E-state index contributed by atoms with van der Waals surface area (Å²) in [7, 11) is 0. The van der Waals surface area contributed by atoms with Crippen LogP contribution >= 0.6 is 11.6 Å². The number of H-pyrrole nitrogens is 1. The smallest absolute Gasteiger partial charge is 0.265 e. The fourth-order valence-electron chi connectivity index (χ4n) is 1.83. The second-order valence-electron chi connectivity index (χ2n) is 4.24. The third-order valence-corrected chi connectivity index (χ3v) is 3.13. The highest BCUT2D eigenvalue weighted by Gasteiger charge is 2.05. The van der Waals surface area contributed by atoms with Crippen molar-refractivity contribution in [3.05, 3.63) is 61.4 Å². The molecule has 19 heavy (non-hydrogen) atoms. The minimum atomic E-state index is -0.568. The van der Waals surface area contributed by atoms with Crippen molar-refractivity contribution in [3.8, 4) is 0 Å². The molecule has 0 unspecified atom stereocenters. The molecule has 0 amide bonds. The number of rotatable bonds is 4. The van der Waals surface area contributed by atoms with Crippen LogP contribution in [0.25, 0.3) is 0 Å². The number of aryl methyl sites for hydroxylation is 3. The van der Waals surface area contributed by atoms with Crippen LogP contribution in [0.2, 0.25) is 5.02 Å². The van der Waals surface area contributed by atoms with Gasteiger partial charge in [-0.3, -0.25) is 4.79 Å². The standard InChI is InChI=1S/C13H12ClN3O2/c1-8-6-10(14)4-2-9(8)3-5-11-7-12(17-19)13(18)16-15-11/h2,4,6-7H,3,5H2,1H3,(H,16,18). The van der Waals surface area contributed by atoms with E-state index in [-0.39, 0.29) is 5.69 Å². The van der Waals surface area contributed by atoms with Gasteiger partial charge in [0.2, 0.25) is 0 Å². The summed E-state index contributed by atoms with van der Waals surface area (Å²) >= 11 is 5.89. The van der Waals surface area contributed by atoms with Gasteiger partial charge in [0.15, 0.2) is 5.69 Å². The third kappa shape index (κ3) is 3.26. The van der Waals surface area contributed by atoms with Crippen LogP contribution in [0.3, 0.4) is 0 Å². The van der Waals surface area contributed by atoms with E-state index in [0.29, 0.717) is 17.1 Å². The molecule has 0 saturated heterocycles. The van der Waals surface area contributed by atoms with Gasteiger partial charge < -0.3 is 0 Å². The predicted molar refractivity (Wildman–Crippen MR) is 73.9 cm³/mol. The minimum absolute atomic E-state index is 0.141. The van der Waals surface area contributed by atoms with E-state index < -0.39 is 5.56 Å². The van der Waals surface area contributed by atoms with Crippen molar-refractivity contribution >= 4 is 17.3 Å². The van der Waals surface area contributed by atoms with Crippen LogP contribution in [0.5, 0.6) is 0 Å². The minimum Gasteiger partial charge on any atom is -0.265 e. The van der Waals surface area contributed by atoms with E-state index >= 15 is 0 Å². The van der Waals surface area contributed by atoms with Gasteiger partial charge >= 0.3 is 0 Å². The Bertz CT molecular complexity index is 667. The molecular weight excluding hydrogens is 266 g/mol. The molecule has 0 atom stereocenters. The van der Waals surface area contributed by atoms with Crippen molar-refractivity contribution in [2.24, 2.45) is 5.18 Å². The lowest BCUT2D eigenvalue weighted by Gasteiger charge is -2.05. The Morgan fingerprint density at radius 2 is 2.11 bits per heavy atom. The Hall–Kier alpha value is -2.01. The molecule has 6 heteroatoms. The number of aromatic amines is 1. The van der Waals surface area contributed by atoms with Crippen molar-refractivity contribution in [1.82, 2.24) is 10.2 Å². The molecule has 0 spiro atoms. The van der Waals surface area contributed by atoms with Crippen molar-refractivity contribution < 1.29 is 0 Å².